The van der Waals surface area contributed by atoms with Gasteiger partial charge in [0.05, 0.1) is 37.1 Å². The second kappa shape index (κ2) is 13.4. The lowest BCUT2D eigenvalue weighted by Gasteiger charge is -2.27. The highest BCUT2D eigenvalue weighted by Gasteiger charge is 2.27. The third-order valence-corrected chi connectivity index (χ3v) is 8.44. The summed E-state index contributed by atoms with van der Waals surface area (Å²) in [4.78, 5) is 23.2. The molecule has 7 nitrogen and oxygen atoms in total. The second-order valence-corrected chi connectivity index (χ2v) is 11.9. The quantitative estimate of drug-likeness (QED) is 0.213. The van der Waals surface area contributed by atoms with Gasteiger partial charge in [0.1, 0.15) is 16.7 Å². The minimum Gasteiger partial charge on any atom is -0.374 e. The van der Waals surface area contributed by atoms with Crippen molar-refractivity contribution in [1.29, 1.82) is 5.26 Å². The number of carbonyl (C=O) groups excluding carboxylic acids is 1. The molecule has 5 rings (SSSR count). The number of thiophene rings is 1. The topological polar surface area (TPSA) is 81.5 Å². The van der Waals surface area contributed by atoms with Crippen molar-refractivity contribution < 1.29 is 13.9 Å². The van der Waals surface area contributed by atoms with Gasteiger partial charge in [-0.2, -0.15) is 5.26 Å². The smallest absolute Gasteiger partial charge is 0.246 e. The lowest BCUT2D eigenvalue weighted by molar-refractivity contribution is -0.126. The zero-order valence-corrected chi connectivity index (χ0v) is 25.0. The number of rotatable bonds is 10. The summed E-state index contributed by atoms with van der Waals surface area (Å²) < 4.78 is 19.7. The van der Waals surface area contributed by atoms with E-state index in [4.69, 9.17) is 16.3 Å². The van der Waals surface area contributed by atoms with Crippen LogP contribution >= 0.6 is 22.9 Å². The number of halogens is 2. The van der Waals surface area contributed by atoms with Gasteiger partial charge in [-0.05, 0) is 61.5 Å². The van der Waals surface area contributed by atoms with Gasteiger partial charge < -0.3 is 19.9 Å². The number of nitriles is 1. The number of fused-ring (bicyclic) bond motifs is 3. The predicted molar refractivity (Wildman–Crippen MR) is 165 cm³/mol. The number of benzene rings is 2. The van der Waals surface area contributed by atoms with Gasteiger partial charge >= 0.3 is 0 Å². The zero-order chi connectivity index (χ0) is 29.6. The average Bonchev–Trinajstić information content (AvgIpc) is 3.35. The molecule has 4 aromatic rings. The van der Waals surface area contributed by atoms with Crippen LogP contribution in [0.5, 0.6) is 0 Å². The van der Waals surface area contributed by atoms with Crippen molar-refractivity contribution in [1.82, 2.24) is 14.8 Å². The van der Waals surface area contributed by atoms with Crippen LogP contribution in [0.4, 0.5) is 10.1 Å². The van der Waals surface area contributed by atoms with E-state index in [1.165, 1.54) is 12.1 Å². The van der Waals surface area contributed by atoms with Crippen LogP contribution in [0.2, 0.25) is 5.02 Å². The summed E-state index contributed by atoms with van der Waals surface area (Å²) in [6.45, 7) is 2.28. The number of hydrogen-bond acceptors (Lipinski definition) is 7. The van der Waals surface area contributed by atoms with Gasteiger partial charge in [0.2, 0.25) is 5.91 Å². The van der Waals surface area contributed by atoms with Crippen LogP contribution in [-0.4, -0.2) is 54.5 Å². The Morgan fingerprint density at radius 2 is 2.12 bits per heavy atom. The molecule has 0 radical (unpaired) electrons. The Bertz CT molecular complexity index is 1650. The average molecular weight is 604 g/mol. The molecule has 1 aliphatic rings. The fourth-order valence-corrected chi connectivity index (χ4v) is 6.30. The molecule has 3 heterocycles. The van der Waals surface area contributed by atoms with E-state index in [2.05, 4.69) is 16.4 Å². The van der Waals surface area contributed by atoms with E-state index >= 15 is 0 Å². The van der Waals surface area contributed by atoms with Crippen molar-refractivity contribution in [3.8, 4) is 6.07 Å². The van der Waals surface area contributed by atoms with Gasteiger partial charge in [-0.1, -0.05) is 41.9 Å². The Kier molecular flexibility index (Phi) is 9.50. The molecule has 1 atom stereocenters. The number of aromatic nitrogens is 1. The molecule has 1 N–H and O–H groups in total. The van der Waals surface area contributed by atoms with E-state index in [-0.39, 0.29) is 31.0 Å². The van der Waals surface area contributed by atoms with Crippen LogP contribution < -0.4 is 5.32 Å². The van der Waals surface area contributed by atoms with Gasteiger partial charge in [0.25, 0.3) is 0 Å². The molecule has 0 aliphatic carbocycles. The first-order valence-corrected chi connectivity index (χ1v) is 14.8. The molecule has 0 unspecified atom stereocenters. The number of nitrogens with zero attached hydrogens (tertiary/aromatic N) is 4. The monoisotopic (exact) mass is 603 g/mol. The van der Waals surface area contributed by atoms with E-state index in [1.807, 2.05) is 60.3 Å². The zero-order valence-electron chi connectivity index (χ0n) is 23.4. The van der Waals surface area contributed by atoms with Crippen LogP contribution in [0.15, 0.2) is 66.9 Å². The number of ether oxygens (including phenoxy) is 1. The first-order valence-electron chi connectivity index (χ1n) is 13.6. The Labute approximate surface area is 253 Å². The largest absolute Gasteiger partial charge is 0.374 e. The van der Waals surface area contributed by atoms with E-state index < -0.39 is 0 Å². The van der Waals surface area contributed by atoms with Crippen LogP contribution in [0.1, 0.15) is 33.2 Å². The maximum absolute atomic E-state index is 13.7. The van der Waals surface area contributed by atoms with E-state index in [0.29, 0.717) is 42.3 Å². The summed E-state index contributed by atoms with van der Waals surface area (Å²) in [5.74, 6) is -0.323. The Morgan fingerprint density at radius 1 is 1.31 bits per heavy atom. The molecule has 0 bridgehead atoms. The van der Waals surface area contributed by atoms with Crippen LogP contribution in [0.3, 0.4) is 0 Å². The van der Waals surface area contributed by atoms with Crippen molar-refractivity contribution in [2.24, 2.45) is 0 Å². The standard InChI is InChI=1S/C32H31ClFN5O2S/c1-38(2)13-4-7-29(40)39-14-12-26-28(18-39)42-32-30(26)31(23(16-35)17-36-32)37-27(22-8-10-24(33)11-9-22)20-41-19-21-5-3-6-25(34)15-21/h3-11,15,17,27H,12-14,18-20H2,1-2H3,(H,36,37)/b7-4+/t27-/m1/s1. The molecule has 216 valence electrons. The molecule has 0 saturated carbocycles. The van der Waals surface area contributed by atoms with Crippen molar-refractivity contribution in [3.05, 3.63) is 105 Å². The molecule has 0 fully saturated rings. The molecular formula is C32H31ClFN5O2S. The third kappa shape index (κ3) is 6.97. The van der Waals surface area contributed by atoms with E-state index in [9.17, 15) is 14.4 Å². The molecule has 1 aliphatic heterocycles. The maximum atomic E-state index is 13.7. The maximum Gasteiger partial charge on any atom is 0.246 e. The number of likely N-dealkylation sites (N-methyl/N-ethyl adjacent to an activating group) is 1. The van der Waals surface area contributed by atoms with Gasteiger partial charge in [0, 0.05) is 40.6 Å². The molecule has 10 heteroatoms. The summed E-state index contributed by atoms with van der Waals surface area (Å²) in [6.07, 6.45) is 5.76. The summed E-state index contributed by atoms with van der Waals surface area (Å²) in [5.41, 5.74) is 3.89. The van der Waals surface area contributed by atoms with Crippen LogP contribution in [0, 0.1) is 17.1 Å². The van der Waals surface area contributed by atoms with Gasteiger partial charge in [-0.15, -0.1) is 11.3 Å². The number of hydrogen-bond donors (Lipinski definition) is 1. The van der Waals surface area contributed by atoms with E-state index in [0.717, 1.165) is 31.8 Å². The highest BCUT2D eigenvalue weighted by molar-refractivity contribution is 7.19. The highest BCUT2D eigenvalue weighted by atomic mass is 35.5. The van der Waals surface area contributed by atoms with Gasteiger partial charge in [-0.25, -0.2) is 9.37 Å². The molecule has 0 spiro atoms. The van der Waals surface area contributed by atoms with Gasteiger partial charge in [-0.3, -0.25) is 4.79 Å². The first-order chi connectivity index (χ1) is 20.3. The fraction of sp³-hybridized carbons (Fsp3) is 0.281. The summed E-state index contributed by atoms with van der Waals surface area (Å²) in [7, 11) is 3.92. The molecule has 0 saturated heterocycles. The van der Waals surface area contributed by atoms with Crippen molar-refractivity contribution in [2.75, 3.05) is 39.1 Å². The van der Waals surface area contributed by atoms with E-state index in [1.54, 1.807) is 29.7 Å². The Hall–Kier alpha value is -3.81. The number of carbonyl (C=O) groups is 1. The van der Waals surface area contributed by atoms with Gasteiger partial charge in [0.15, 0.2) is 0 Å². The molecule has 2 aromatic heterocycles. The van der Waals surface area contributed by atoms with Crippen molar-refractivity contribution in [3.63, 3.8) is 0 Å². The Morgan fingerprint density at radius 3 is 2.86 bits per heavy atom. The molecule has 2 aromatic carbocycles. The molecule has 42 heavy (non-hydrogen) atoms. The number of nitrogens with one attached hydrogen (secondary N) is 1. The van der Waals surface area contributed by atoms with Crippen molar-refractivity contribution in [2.45, 2.75) is 25.6 Å². The fourth-order valence-electron chi connectivity index (χ4n) is 4.96. The number of amides is 1. The van der Waals surface area contributed by atoms with Crippen LogP contribution in [0.25, 0.3) is 10.2 Å². The van der Waals surface area contributed by atoms with Crippen LogP contribution in [-0.2, 0) is 29.1 Å². The third-order valence-electron chi connectivity index (χ3n) is 7.06. The lowest BCUT2D eigenvalue weighted by Crippen LogP contribution is -2.34. The first kappa shape index (κ1) is 29.7. The summed E-state index contributed by atoms with van der Waals surface area (Å²) in [6, 6.07) is 15.8. The minimum atomic E-state index is -0.326. The second-order valence-electron chi connectivity index (χ2n) is 10.4. The number of anilines is 1. The predicted octanol–water partition coefficient (Wildman–Crippen LogP) is 6.33. The molecule has 1 amide bonds. The molecular weight excluding hydrogens is 573 g/mol. The summed E-state index contributed by atoms with van der Waals surface area (Å²) >= 11 is 7.72. The normalized spacial score (nSPS) is 13.9. The lowest BCUT2D eigenvalue weighted by atomic mass is 10.0. The highest BCUT2D eigenvalue weighted by Crippen LogP contribution is 2.41. The SMILES string of the molecule is CN(C)C/C=C/C(=O)N1CCc2c(sc3ncc(C#N)c(N[C@H](COCc4cccc(F)c4)c4ccc(Cl)cc4)c23)C1. The summed E-state index contributed by atoms with van der Waals surface area (Å²) in [5, 5.41) is 15.2. The minimum absolute atomic E-state index is 0.0118. The van der Waals surface area contributed by atoms with Crippen molar-refractivity contribution >= 4 is 44.7 Å². The Balaban J connectivity index is 1.43. The number of pyridine rings is 1.